The van der Waals surface area contributed by atoms with Crippen LogP contribution in [0.15, 0.2) is 27.5 Å². The Morgan fingerprint density at radius 2 is 2.17 bits per heavy atom. The predicted molar refractivity (Wildman–Crippen MR) is 77.9 cm³/mol. The summed E-state index contributed by atoms with van der Waals surface area (Å²) in [5.41, 5.74) is 0. The molecule has 0 bridgehead atoms. The van der Waals surface area contributed by atoms with Gasteiger partial charge in [0.1, 0.15) is 16.8 Å². The Morgan fingerprint density at radius 1 is 1.39 bits per heavy atom. The average Bonchev–Trinajstić information content (AvgIpc) is 2.93. The highest BCUT2D eigenvalue weighted by atomic mass is 35.5. The highest BCUT2D eigenvalue weighted by Crippen LogP contribution is 2.29. The first-order valence-electron chi connectivity index (χ1n) is 6.75. The summed E-state index contributed by atoms with van der Waals surface area (Å²) in [7, 11) is -3.88. The number of rotatable bonds is 3. The fourth-order valence-corrected chi connectivity index (χ4v) is 4.19. The van der Waals surface area contributed by atoms with Gasteiger partial charge in [-0.1, -0.05) is 11.6 Å². The van der Waals surface area contributed by atoms with Crippen molar-refractivity contribution in [2.45, 2.75) is 17.9 Å². The summed E-state index contributed by atoms with van der Waals surface area (Å²) in [6.45, 7) is 1.97. The zero-order valence-corrected chi connectivity index (χ0v) is 13.6. The number of hydrogen-bond donors (Lipinski definition) is 0. The zero-order chi connectivity index (χ0) is 16.6. The lowest BCUT2D eigenvalue weighted by Gasteiger charge is -2.30. The molecule has 1 aliphatic heterocycles. The highest BCUT2D eigenvalue weighted by molar-refractivity contribution is 7.89. The van der Waals surface area contributed by atoms with Crippen molar-refractivity contribution < 1.29 is 22.0 Å². The summed E-state index contributed by atoms with van der Waals surface area (Å²) in [6, 6.07) is 3.17. The first kappa shape index (κ1) is 16.3. The van der Waals surface area contributed by atoms with E-state index >= 15 is 0 Å². The Bertz CT molecular complexity index is 826. The molecule has 0 radical (unpaired) electrons. The number of hydrogen-bond acceptors (Lipinski definition) is 6. The van der Waals surface area contributed by atoms with Crippen molar-refractivity contribution in [1.29, 1.82) is 0 Å². The van der Waals surface area contributed by atoms with Gasteiger partial charge in [0.2, 0.25) is 21.8 Å². The third-order valence-corrected chi connectivity index (χ3v) is 5.71. The fraction of sp³-hybridized carbons (Fsp3) is 0.385. The first-order chi connectivity index (χ1) is 10.9. The van der Waals surface area contributed by atoms with Gasteiger partial charge < -0.3 is 9.15 Å². The van der Waals surface area contributed by atoms with Crippen LogP contribution in [0.1, 0.15) is 17.9 Å². The molecule has 1 saturated heterocycles. The van der Waals surface area contributed by atoms with Gasteiger partial charge in [-0.2, -0.15) is 4.31 Å². The van der Waals surface area contributed by atoms with E-state index in [9.17, 15) is 12.8 Å². The lowest BCUT2D eigenvalue weighted by atomic mass is 10.3. The van der Waals surface area contributed by atoms with Crippen LogP contribution in [0, 0.1) is 12.7 Å². The maximum atomic E-state index is 13.1. The number of aromatic nitrogens is 2. The Balaban J connectivity index is 1.87. The molecule has 0 N–H and O–H groups in total. The molecule has 23 heavy (non-hydrogen) atoms. The third-order valence-electron chi connectivity index (χ3n) is 3.36. The summed E-state index contributed by atoms with van der Waals surface area (Å²) in [6.07, 6.45) is -0.654. The van der Waals surface area contributed by atoms with Crippen molar-refractivity contribution in [2.24, 2.45) is 0 Å². The maximum Gasteiger partial charge on any atom is 0.246 e. The van der Waals surface area contributed by atoms with Crippen molar-refractivity contribution in [3.05, 3.63) is 40.8 Å². The summed E-state index contributed by atoms with van der Waals surface area (Å²) in [5.74, 6) is -0.0205. The second kappa shape index (κ2) is 6.16. The Labute approximate surface area is 137 Å². The minimum atomic E-state index is -3.88. The van der Waals surface area contributed by atoms with Crippen LogP contribution in [0.5, 0.6) is 0 Å². The molecule has 0 spiro atoms. The van der Waals surface area contributed by atoms with E-state index < -0.39 is 21.9 Å². The van der Waals surface area contributed by atoms with Gasteiger partial charge >= 0.3 is 0 Å². The molecular formula is C13H13ClFN3O4S. The molecule has 0 saturated carbocycles. The highest BCUT2D eigenvalue weighted by Gasteiger charge is 2.34. The molecule has 0 unspecified atom stereocenters. The summed E-state index contributed by atoms with van der Waals surface area (Å²) < 4.78 is 50.5. The second-order valence-corrected chi connectivity index (χ2v) is 7.27. The molecule has 7 nitrogen and oxygen atoms in total. The smallest absolute Gasteiger partial charge is 0.246 e. The molecule has 2 aromatic rings. The number of benzene rings is 1. The van der Waals surface area contributed by atoms with Crippen molar-refractivity contribution in [3.8, 4) is 0 Å². The first-order valence-corrected chi connectivity index (χ1v) is 8.56. The van der Waals surface area contributed by atoms with Gasteiger partial charge in [0.15, 0.2) is 0 Å². The minimum absolute atomic E-state index is 0.0116. The molecule has 2 heterocycles. The Hall–Kier alpha value is -1.55. The molecule has 1 atom stereocenters. The normalized spacial score (nSPS) is 19.9. The van der Waals surface area contributed by atoms with E-state index in [1.54, 1.807) is 6.92 Å². The van der Waals surface area contributed by atoms with Crippen LogP contribution >= 0.6 is 11.6 Å². The predicted octanol–water partition coefficient (Wildman–Crippen LogP) is 1.93. The standard InChI is InChI=1S/C13H13ClFN3O4S/c1-8-16-17-13(22-8)11-7-18(4-5-21-11)23(19,20)12-3-2-9(15)6-10(12)14/h2-3,6,11H,4-5,7H2,1H3/t11-/m1/s1. The maximum absolute atomic E-state index is 13.1. The molecule has 1 aliphatic rings. The number of nitrogens with zero attached hydrogens (tertiary/aromatic N) is 3. The number of halogens is 2. The molecule has 1 aromatic carbocycles. The van der Waals surface area contributed by atoms with Crippen LogP contribution in [-0.2, 0) is 14.8 Å². The lowest BCUT2D eigenvalue weighted by Crippen LogP contribution is -2.42. The van der Waals surface area contributed by atoms with Crippen LogP contribution in [0.4, 0.5) is 4.39 Å². The monoisotopic (exact) mass is 361 g/mol. The quantitative estimate of drug-likeness (QED) is 0.830. The van der Waals surface area contributed by atoms with E-state index in [0.29, 0.717) is 5.89 Å². The van der Waals surface area contributed by atoms with Crippen molar-refractivity contribution >= 4 is 21.6 Å². The molecule has 10 heteroatoms. The third kappa shape index (κ3) is 3.23. The second-order valence-electron chi connectivity index (χ2n) is 4.96. The van der Waals surface area contributed by atoms with Crippen LogP contribution in [0.3, 0.4) is 0 Å². The van der Waals surface area contributed by atoms with E-state index in [2.05, 4.69) is 10.2 Å². The number of ether oxygens (including phenoxy) is 1. The van der Waals surface area contributed by atoms with Crippen LogP contribution in [0.25, 0.3) is 0 Å². The van der Waals surface area contributed by atoms with Gasteiger partial charge in [-0.3, -0.25) is 0 Å². The topological polar surface area (TPSA) is 85.5 Å². The zero-order valence-electron chi connectivity index (χ0n) is 12.1. The van der Waals surface area contributed by atoms with E-state index in [0.717, 1.165) is 18.2 Å². The average molecular weight is 362 g/mol. The molecule has 0 aliphatic carbocycles. The van der Waals surface area contributed by atoms with E-state index in [1.807, 2.05) is 0 Å². The largest absolute Gasteiger partial charge is 0.423 e. The van der Waals surface area contributed by atoms with Gasteiger partial charge in [0, 0.05) is 20.0 Å². The summed E-state index contributed by atoms with van der Waals surface area (Å²) in [4.78, 5) is -0.150. The van der Waals surface area contributed by atoms with Crippen LogP contribution in [0.2, 0.25) is 5.02 Å². The SMILES string of the molecule is Cc1nnc([C@H]2CN(S(=O)(=O)c3ccc(F)cc3Cl)CCO2)o1. The van der Waals surface area contributed by atoms with Crippen LogP contribution < -0.4 is 0 Å². The van der Waals surface area contributed by atoms with Crippen LogP contribution in [-0.4, -0.2) is 42.6 Å². The Kier molecular flexibility index (Phi) is 4.37. The van der Waals surface area contributed by atoms with Gasteiger partial charge in [-0.25, -0.2) is 12.8 Å². The summed E-state index contributed by atoms with van der Waals surface area (Å²) in [5, 5.41) is 7.39. The van der Waals surface area contributed by atoms with Crippen molar-refractivity contribution in [1.82, 2.24) is 14.5 Å². The van der Waals surface area contributed by atoms with Gasteiger partial charge in [0.25, 0.3) is 0 Å². The lowest BCUT2D eigenvalue weighted by molar-refractivity contribution is -0.0176. The van der Waals surface area contributed by atoms with E-state index in [4.69, 9.17) is 20.8 Å². The summed E-state index contributed by atoms with van der Waals surface area (Å²) >= 11 is 5.87. The van der Waals surface area contributed by atoms with Gasteiger partial charge in [0.05, 0.1) is 11.6 Å². The van der Waals surface area contributed by atoms with Crippen molar-refractivity contribution in [2.75, 3.05) is 19.7 Å². The molecule has 3 rings (SSSR count). The van der Waals surface area contributed by atoms with E-state index in [1.165, 1.54) is 4.31 Å². The van der Waals surface area contributed by atoms with Gasteiger partial charge in [-0.05, 0) is 18.2 Å². The minimum Gasteiger partial charge on any atom is -0.423 e. The fourth-order valence-electron chi connectivity index (χ4n) is 2.26. The Morgan fingerprint density at radius 3 is 2.83 bits per heavy atom. The van der Waals surface area contributed by atoms with Gasteiger partial charge in [-0.15, -0.1) is 10.2 Å². The molecule has 1 aromatic heterocycles. The van der Waals surface area contributed by atoms with E-state index in [-0.39, 0.29) is 35.5 Å². The molecule has 1 fully saturated rings. The molecule has 0 amide bonds. The number of sulfonamides is 1. The number of morpholine rings is 1. The molecule has 124 valence electrons. The van der Waals surface area contributed by atoms with Crippen molar-refractivity contribution in [3.63, 3.8) is 0 Å². The molecular weight excluding hydrogens is 349 g/mol. The number of aryl methyl sites for hydroxylation is 1.